The molecule has 0 bridgehead atoms. The highest BCUT2D eigenvalue weighted by Gasteiger charge is 2.34. The van der Waals surface area contributed by atoms with Crippen LogP contribution in [0.15, 0.2) is 36.5 Å². The molecule has 0 atom stereocenters. The Balaban J connectivity index is 1.43. The van der Waals surface area contributed by atoms with E-state index < -0.39 is 17.2 Å². The Morgan fingerprint density at radius 2 is 1.77 bits per heavy atom. The summed E-state index contributed by atoms with van der Waals surface area (Å²) in [7, 11) is 1.79. The summed E-state index contributed by atoms with van der Waals surface area (Å²) in [5.41, 5.74) is 2.66. The van der Waals surface area contributed by atoms with Crippen molar-refractivity contribution in [3.05, 3.63) is 52.9 Å². The third-order valence-corrected chi connectivity index (χ3v) is 7.99. The molecule has 1 heterocycles. The quantitative estimate of drug-likeness (QED) is 0.298. The topological polar surface area (TPSA) is 91.8 Å². The van der Waals surface area contributed by atoms with Crippen LogP contribution in [0.4, 0.5) is 14.9 Å². The number of ketones is 1. The number of nitrogens with one attached hydrogen (secondary N) is 1. The van der Waals surface area contributed by atoms with Crippen LogP contribution < -0.4 is 5.32 Å². The number of carbonyl (C=O) groups is 2. The first kappa shape index (κ1) is 28.1. The van der Waals surface area contributed by atoms with Gasteiger partial charge in [0.2, 0.25) is 0 Å². The number of fused-ring (bicyclic) bond motifs is 1. The number of hydrogen-bond acceptors (Lipinski definition) is 6. The van der Waals surface area contributed by atoms with Crippen molar-refractivity contribution in [3.63, 3.8) is 0 Å². The predicted molar refractivity (Wildman–Crippen MR) is 155 cm³/mol. The fourth-order valence-electron chi connectivity index (χ4n) is 5.31. The summed E-state index contributed by atoms with van der Waals surface area (Å²) in [6, 6.07) is 8.49. The third kappa shape index (κ3) is 6.02. The fourth-order valence-corrected chi connectivity index (χ4v) is 5.51. The van der Waals surface area contributed by atoms with Gasteiger partial charge in [0.25, 0.3) is 0 Å². The number of rotatable bonds is 6. The molecule has 2 aliphatic carbocycles. The van der Waals surface area contributed by atoms with Crippen molar-refractivity contribution in [2.75, 3.05) is 12.4 Å². The molecule has 2 aromatic carbocycles. The van der Waals surface area contributed by atoms with E-state index in [-0.39, 0.29) is 34.9 Å². The van der Waals surface area contributed by atoms with Crippen molar-refractivity contribution in [1.29, 1.82) is 0 Å². The number of carbonyl (C=O) groups excluding carboxylic acids is 2. The summed E-state index contributed by atoms with van der Waals surface area (Å²) in [5, 5.41) is 14.1. The summed E-state index contributed by atoms with van der Waals surface area (Å²) in [4.78, 5) is 32.1. The van der Waals surface area contributed by atoms with Crippen LogP contribution in [0.2, 0.25) is 5.02 Å². The first-order valence-corrected chi connectivity index (χ1v) is 14.2. The molecule has 0 spiro atoms. The van der Waals surface area contributed by atoms with Gasteiger partial charge in [0.15, 0.2) is 17.3 Å². The maximum Gasteiger partial charge on any atom is 0.410 e. The van der Waals surface area contributed by atoms with Crippen LogP contribution in [0.25, 0.3) is 22.0 Å². The molecule has 212 valence electrons. The number of benzene rings is 2. The molecule has 9 heteroatoms. The van der Waals surface area contributed by atoms with E-state index in [1.54, 1.807) is 18.1 Å². The summed E-state index contributed by atoms with van der Waals surface area (Å²) in [6.45, 7) is 5.58. The van der Waals surface area contributed by atoms with Gasteiger partial charge in [0, 0.05) is 36.6 Å². The number of anilines is 1. The van der Waals surface area contributed by atoms with E-state index in [9.17, 15) is 19.1 Å². The maximum atomic E-state index is 14.3. The lowest BCUT2D eigenvalue weighted by Gasteiger charge is -2.36. The number of ether oxygens (including phenoxy) is 1. The monoisotopic (exact) mass is 567 g/mol. The van der Waals surface area contributed by atoms with Gasteiger partial charge in [-0.2, -0.15) is 0 Å². The van der Waals surface area contributed by atoms with Gasteiger partial charge in [0.1, 0.15) is 5.60 Å². The van der Waals surface area contributed by atoms with Crippen LogP contribution >= 0.6 is 11.6 Å². The lowest BCUT2D eigenvalue weighted by atomic mass is 9.89. The van der Waals surface area contributed by atoms with Gasteiger partial charge in [0.05, 0.1) is 21.8 Å². The molecule has 5 rings (SSSR count). The summed E-state index contributed by atoms with van der Waals surface area (Å²) < 4.78 is 19.8. The van der Waals surface area contributed by atoms with Crippen molar-refractivity contribution in [1.82, 2.24) is 9.88 Å². The number of hydrogen-bond donors (Lipinski definition) is 2. The predicted octanol–water partition coefficient (Wildman–Crippen LogP) is 7.58. The molecule has 1 amide bonds. The van der Waals surface area contributed by atoms with E-state index in [4.69, 9.17) is 16.3 Å². The number of phenols is 1. The number of aromatic nitrogens is 1. The maximum absolute atomic E-state index is 14.3. The third-order valence-electron chi connectivity index (χ3n) is 7.71. The first-order valence-electron chi connectivity index (χ1n) is 13.8. The van der Waals surface area contributed by atoms with Crippen LogP contribution in [0.5, 0.6) is 5.75 Å². The van der Waals surface area contributed by atoms with E-state index >= 15 is 0 Å². The number of Topliss-reactive ketones (excluding diaryl/α,β-unsaturated/α-hetero) is 1. The zero-order chi connectivity index (χ0) is 28.8. The summed E-state index contributed by atoms with van der Waals surface area (Å²) >= 11 is 6.05. The molecule has 2 N–H and O–H groups in total. The van der Waals surface area contributed by atoms with E-state index in [0.29, 0.717) is 22.2 Å². The van der Waals surface area contributed by atoms with Crippen LogP contribution in [0.1, 0.15) is 69.7 Å². The van der Waals surface area contributed by atoms with E-state index in [1.807, 2.05) is 39.0 Å². The van der Waals surface area contributed by atoms with Crippen molar-refractivity contribution >= 4 is 40.1 Å². The molecule has 2 saturated carbocycles. The number of phenolic OH excluding ortho intramolecular Hbond substituents is 1. The minimum atomic E-state index is -0.801. The largest absolute Gasteiger partial charge is 0.504 e. The second-order valence-corrected chi connectivity index (χ2v) is 12.4. The first-order chi connectivity index (χ1) is 18.9. The lowest BCUT2D eigenvalue weighted by Crippen LogP contribution is -2.43. The van der Waals surface area contributed by atoms with Gasteiger partial charge in [-0.25, -0.2) is 9.18 Å². The standard InChI is InChI=1S/C31H35ClFN3O4/c1-31(2,3)40-30(39)36(4)21-10-8-20(9-11-21)35-27-22-13-18(19-14-24(32)29(38)25(33)15-19)7-12-26(22)34-16-23(27)28(37)17-5-6-17/h7,12-17,20-21,38H,5-6,8-11H2,1-4H3,(H,34,35). The van der Waals surface area contributed by atoms with Gasteiger partial charge >= 0.3 is 6.09 Å². The Morgan fingerprint density at radius 1 is 1.07 bits per heavy atom. The molecule has 0 aliphatic heterocycles. The fraction of sp³-hybridized carbons (Fsp3) is 0.452. The SMILES string of the molecule is CN(C(=O)OC(C)(C)C)C1CCC(Nc2c(C(=O)C3CC3)cnc3ccc(-c4cc(F)c(O)c(Cl)c4)cc23)CC1. The number of amides is 1. The van der Waals surface area contributed by atoms with Crippen LogP contribution in [-0.4, -0.2) is 51.6 Å². The zero-order valence-electron chi connectivity index (χ0n) is 23.3. The highest BCUT2D eigenvalue weighted by Crippen LogP contribution is 2.39. The molecule has 7 nitrogen and oxygen atoms in total. The molecule has 40 heavy (non-hydrogen) atoms. The van der Waals surface area contributed by atoms with Gasteiger partial charge in [-0.05, 0) is 94.7 Å². The molecule has 2 aliphatic rings. The van der Waals surface area contributed by atoms with E-state index in [2.05, 4.69) is 10.3 Å². The molecule has 0 radical (unpaired) electrons. The Kier molecular flexibility index (Phi) is 7.66. The van der Waals surface area contributed by atoms with Crippen LogP contribution in [0.3, 0.4) is 0 Å². The number of aromatic hydroxyl groups is 1. The van der Waals surface area contributed by atoms with Crippen molar-refractivity contribution in [2.45, 2.75) is 77.0 Å². The second-order valence-electron chi connectivity index (χ2n) is 11.9. The van der Waals surface area contributed by atoms with Gasteiger partial charge in [-0.1, -0.05) is 17.7 Å². The average Bonchev–Trinajstić information content (AvgIpc) is 3.76. The van der Waals surface area contributed by atoms with E-state index in [1.165, 1.54) is 12.1 Å². The van der Waals surface area contributed by atoms with E-state index in [0.717, 1.165) is 49.6 Å². The molecule has 1 aromatic heterocycles. The van der Waals surface area contributed by atoms with Gasteiger partial charge in [-0.3, -0.25) is 9.78 Å². The Labute approximate surface area is 238 Å². The van der Waals surface area contributed by atoms with Crippen molar-refractivity contribution in [2.24, 2.45) is 5.92 Å². The molecule has 2 fully saturated rings. The van der Waals surface area contributed by atoms with Gasteiger partial charge in [-0.15, -0.1) is 0 Å². The molecule has 3 aromatic rings. The Hall–Kier alpha value is -3.39. The lowest BCUT2D eigenvalue weighted by molar-refractivity contribution is 0.0185. The summed E-state index contributed by atoms with van der Waals surface area (Å²) in [5.74, 6) is -1.28. The normalized spacial score (nSPS) is 19.4. The van der Waals surface area contributed by atoms with Crippen molar-refractivity contribution in [3.8, 4) is 16.9 Å². The zero-order valence-corrected chi connectivity index (χ0v) is 24.0. The molecule has 0 saturated heterocycles. The number of pyridine rings is 1. The van der Waals surface area contributed by atoms with Crippen molar-refractivity contribution < 1.29 is 23.8 Å². The molecule has 0 unspecified atom stereocenters. The number of nitrogens with zero attached hydrogens (tertiary/aromatic N) is 2. The average molecular weight is 568 g/mol. The Morgan fingerprint density at radius 3 is 2.40 bits per heavy atom. The Bertz CT molecular complexity index is 1440. The second kappa shape index (κ2) is 10.9. The minimum absolute atomic E-state index is 0.0196. The smallest absolute Gasteiger partial charge is 0.410 e. The molecular weight excluding hydrogens is 533 g/mol. The molecular formula is C31H35ClFN3O4. The van der Waals surface area contributed by atoms with Gasteiger partial charge < -0.3 is 20.1 Å². The minimum Gasteiger partial charge on any atom is -0.504 e. The van der Waals surface area contributed by atoms with Crippen LogP contribution in [0, 0.1) is 11.7 Å². The van der Waals surface area contributed by atoms with Crippen LogP contribution in [-0.2, 0) is 4.74 Å². The summed E-state index contributed by atoms with van der Waals surface area (Å²) in [6.07, 6.45) is 6.34. The number of halogens is 2. The highest BCUT2D eigenvalue weighted by molar-refractivity contribution is 6.32. The highest BCUT2D eigenvalue weighted by atomic mass is 35.5.